The zero-order valence-electron chi connectivity index (χ0n) is 12.2. The normalized spacial score (nSPS) is 13.1. The number of thiophene rings is 1. The Kier molecular flexibility index (Phi) is 5.93. The molecule has 1 atom stereocenters. The lowest BCUT2D eigenvalue weighted by molar-refractivity contribution is 0.149. The Hall–Kier alpha value is -0.750. The van der Waals surface area contributed by atoms with Crippen LogP contribution in [0.15, 0.2) is 40.2 Å². The van der Waals surface area contributed by atoms with Crippen LogP contribution in [-0.4, -0.2) is 17.5 Å². The molecular weight excluding hydrogens is 351 g/mol. The summed E-state index contributed by atoms with van der Waals surface area (Å²) in [5.74, 6) is -0.246. The molecule has 0 aliphatic rings. The average Bonchev–Trinajstić information content (AvgIpc) is 2.95. The molecule has 0 saturated carbocycles. The van der Waals surface area contributed by atoms with Crippen molar-refractivity contribution in [2.45, 2.75) is 32.5 Å². The molecule has 0 bridgehead atoms. The van der Waals surface area contributed by atoms with E-state index in [1.165, 1.54) is 10.9 Å². The smallest absolute Gasteiger partial charge is 0.137 e. The van der Waals surface area contributed by atoms with E-state index in [0.29, 0.717) is 17.1 Å². The van der Waals surface area contributed by atoms with Crippen LogP contribution >= 0.6 is 27.3 Å². The number of nitrogens with zero attached hydrogens (tertiary/aromatic N) is 1. The molecule has 0 radical (unpaired) electrons. The van der Waals surface area contributed by atoms with Crippen LogP contribution in [0, 0.1) is 5.82 Å². The summed E-state index contributed by atoms with van der Waals surface area (Å²) in [7, 11) is 0. The number of rotatable bonds is 6. The SMILES string of the molecule is CC(C)N(Cc1cccs1)C(CN)c1ccc(F)c(Br)c1. The van der Waals surface area contributed by atoms with E-state index < -0.39 is 0 Å². The number of hydrogen-bond acceptors (Lipinski definition) is 3. The molecule has 2 nitrogen and oxygen atoms in total. The second-order valence-corrected chi connectivity index (χ2v) is 7.16. The topological polar surface area (TPSA) is 29.3 Å². The minimum Gasteiger partial charge on any atom is -0.329 e. The van der Waals surface area contributed by atoms with Gasteiger partial charge in [0.2, 0.25) is 0 Å². The quantitative estimate of drug-likeness (QED) is 0.807. The fraction of sp³-hybridized carbons (Fsp3) is 0.375. The van der Waals surface area contributed by atoms with Crippen molar-refractivity contribution in [3.05, 3.63) is 56.4 Å². The summed E-state index contributed by atoms with van der Waals surface area (Å²) in [4.78, 5) is 3.66. The second-order valence-electron chi connectivity index (χ2n) is 5.27. The first-order valence-corrected chi connectivity index (χ1v) is 8.63. The molecule has 0 aliphatic carbocycles. The molecule has 114 valence electrons. The summed E-state index contributed by atoms with van der Waals surface area (Å²) in [6.07, 6.45) is 0. The van der Waals surface area contributed by atoms with Crippen molar-refractivity contribution in [1.82, 2.24) is 4.90 Å². The van der Waals surface area contributed by atoms with Crippen LogP contribution in [0.5, 0.6) is 0 Å². The molecule has 5 heteroatoms. The van der Waals surface area contributed by atoms with E-state index in [1.54, 1.807) is 11.3 Å². The molecule has 0 fully saturated rings. The van der Waals surface area contributed by atoms with E-state index in [2.05, 4.69) is 52.2 Å². The Morgan fingerprint density at radius 1 is 1.33 bits per heavy atom. The summed E-state index contributed by atoms with van der Waals surface area (Å²) < 4.78 is 13.9. The van der Waals surface area contributed by atoms with Crippen molar-refractivity contribution in [2.75, 3.05) is 6.54 Å². The third-order valence-corrected chi connectivity index (χ3v) is 5.00. The highest BCUT2D eigenvalue weighted by atomic mass is 79.9. The van der Waals surface area contributed by atoms with Gasteiger partial charge >= 0.3 is 0 Å². The molecule has 0 aliphatic heterocycles. The third-order valence-electron chi connectivity index (χ3n) is 3.53. The Labute approximate surface area is 137 Å². The summed E-state index contributed by atoms with van der Waals surface area (Å²) >= 11 is 5.00. The Bertz CT molecular complexity index is 572. The van der Waals surface area contributed by atoms with Gasteiger partial charge in [-0.2, -0.15) is 0 Å². The molecule has 2 rings (SSSR count). The van der Waals surface area contributed by atoms with Gasteiger partial charge in [-0.05, 0) is 58.9 Å². The summed E-state index contributed by atoms with van der Waals surface area (Å²) in [6, 6.07) is 9.76. The molecule has 1 unspecified atom stereocenters. The average molecular weight is 371 g/mol. The third kappa shape index (κ3) is 4.13. The van der Waals surface area contributed by atoms with Crippen LogP contribution in [0.4, 0.5) is 4.39 Å². The van der Waals surface area contributed by atoms with Crippen LogP contribution in [0.1, 0.15) is 30.3 Å². The van der Waals surface area contributed by atoms with E-state index in [9.17, 15) is 4.39 Å². The van der Waals surface area contributed by atoms with Gasteiger partial charge in [-0.15, -0.1) is 11.3 Å². The Balaban J connectivity index is 2.28. The van der Waals surface area contributed by atoms with Crippen molar-refractivity contribution >= 4 is 27.3 Å². The molecule has 0 amide bonds. The molecule has 1 heterocycles. The van der Waals surface area contributed by atoms with Gasteiger partial charge in [0.25, 0.3) is 0 Å². The van der Waals surface area contributed by atoms with Gasteiger partial charge in [-0.3, -0.25) is 4.90 Å². The summed E-state index contributed by atoms with van der Waals surface area (Å²) in [5, 5.41) is 2.08. The van der Waals surface area contributed by atoms with Gasteiger partial charge in [0.1, 0.15) is 5.82 Å². The maximum atomic E-state index is 13.4. The van der Waals surface area contributed by atoms with Crippen molar-refractivity contribution in [1.29, 1.82) is 0 Å². The van der Waals surface area contributed by atoms with Crippen molar-refractivity contribution in [3.63, 3.8) is 0 Å². The lowest BCUT2D eigenvalue weighted by Crippen LogP contribution is -2.38. The molecule has 2 aromatic rings. The largest absolute Gasteiger partial charge is 0.329 e. The first-order chi connectivity index (χ1) is 10.0. The highest BCUT2D eigenvalue weighted by Gasteiger charge is 2.23. The standard InChI is InChI=1S/C16H20BrFN2S/c1-11(2)20(10-13-4-3-7-21-13)16(9-19)12-5-6-15(18)14(17)8-12/h3-8,11,16H,9-10,19H2,1-2H3. The Morgan fingerprint density at radius 3 is 2.62 bits per heavy atom. The first kappa shape index (κ1) is 16.6. The van der Waals surface area contributed by atoms with E-state index in [1.807, 2.05) is 12.1 Å². The van der Waals surface area contributed by atoms with Gasteiger partial charge in [0, 0.05) is 30.1 Å². The first-order valence-electron chi connectivity index (χ1n) is 6.96. The zero-order chi connectivity index (χ0) is 15.4. The number of nitrogens with two attached hydrogens (primary N) is 1. The minimum absolute atomic E-state index is 0.0731. The van der Waals surface area contributed by atoms with Crippen molar-refractivity contribution < 1.29 is 4.39 Å². The molecule has 1 aromatic carbocycles. The maximum Gasteiger partial charge on any atom is 0.137 e. The van der Waals surface area contributed by atoms with E-state index in [-0.39, 0.29) is 11.9 Å². The van der Waals surface area contributed by atoms with E-state index in [4.69, 9.17) is 5.73 Å². The lowest BCUT2D eigenvalue weighted by atomic mass is 10.0. The maximum absolute atomic E-state index is 13.4. The highest BCUT2D eigenvalue weighted by Crippen LogP contribution is 2.28. The zero-order valence-corrected chi connectivity index (χ0v) is 14.6. The predicted octanol–water partition coefficient (Wildman–Crippen LogP) is 4.56. The molecule has 2 N–H and O–H groups in total. The monoisotopic (exact) mass is 370 g/mol. The molecular formula is C16H20BrFN2S. The van der Waals surface area contributed by atoms with E-state index >= 15 is 0 Å². The predicted molar refractivity (Wildman–Crippen MR) is 90.9 cm³/mol. The molecule has 21 heavy (non-hydrogen) atoms. The van der Waals surface area contributed by atoms with Crippen LogP contribution < -0.4 is 5.73 Å². The van der Waals surface area contributed by atoms with Gasteiger partial charge in [-0.1, -0.05) is 12.1 Å². The van der Waals surface area contributed by atoms with Gasteiger partial charge < -0.3 is 5.73 Å². The van der Waals surface area contributed by atoms with Crippen LogP contribution in [0.3, 0.4) is 0 Å². The fourth-order valence-corrected chi connectivity index (χ4v) is 3.53. The van der Waals surface area contributed by atoms with Gasteiger partial charge in [-0.25, -0.2) is 4.39 Å². The lowest BCUT2D eigenvalue weighted by Gasteiger charge is -2.34. The molecule has 0 spiro atoms. The number of benzene rings is 1. The molecule has 1 aromatic heterocycles. The minimum atomic E-state index is -0.246. The Morgan fingerprint density at radius 2 is 2.10 bits per heavy atom. The van der Waals surface area contributed by atoms with Crippen LogP contribution in [0.25, 0.3) is 0 Å². The molecule has 0 saturated heterocycles. The second kappa shape index (κ2) is 7.49. The number of halogens is 2. The number of hydrogen-bond donors (Lipinski definition) is 1. The van der Waals surface area contributed by atoms with Crippen LogP contribution in [0.2, 0.25) is 0 Å². The fourth-order valence-electron chi connectivity index (χ4n) is 2.42. The van der Waals surface area contributed by atoms with Crippen LogP contribution in [-0.2, 0) is 6.54 Å². The van der Waals surface area contributed by atoms with Crippen molar-refractivity contribution in [3.8, 4) is 0 Å². The van der Waals surface area contributed by atoms with E-state index in [0.717, 1.165) is 12.1 Å². The summed E-state index contributed by atoms with van der Waals surface area (Å²) in [6.45, 7) is 5.68. The van der Waals surface area contributed by atoms with Gasteiger partial charge in [0.05, 0.1) is 4.47 Å². The highest BCUT2D eigenvalue weighted by molar-refractivity contribution is 9.10. The van der Waals surface area contributed by atoms with Gasteiger partial charge in [0.15, 0.2) is 0 Å². The summed E-state index contributed by atoms with van der Waals surface area (Å²) in [5.41, 5.74) is 7.05. The van der Waals surface area contributed by atoms with Crippen molar-refractivity contribution in [2.24, 2.45) is 5.73 Å².